The summed E-state index contributed by atoms with van der Waals surface area (Å²) in [5, 5.41) is 9.81. The molecule has 0 radical (unpaired) electrons. The van der Waals surface area contributed by atoms with Crippen molar-refractivity contribution in [3.05, 3.63) is 33.9 Å². The zero-order valence-corrected chi connectivity index (χ0v) is 13.6. The molecule has 0 aliphatic carbocycles. The van der Waals surface area contributed by atoms with Gasteiger partial charge in [0.25, 0.3) is 0 Å². The van der Waals surface area contributed by atoms with E-state index < -0.39 is 0 Å². The fourth-order valence-electron chi connectivity index (χ4n) is 2.13. The van der Waals surface area contributed by atoms with Crippen LogP contribution in [0.3, 0.4) is 0 Å². The van der Waals surface area contributed by atoms with Crippen molar-refractivity contribution in [2.24, 2.45) is 0 Å². The summed E-state index contributed by atoms with van der Waals surface area (Å²) in [5.41, 5.74) is 2.45. The van der Waals surface area contributed by atoms with Crippen molar-refractivity contribution >= 4 is 33.6 Å². The molecule has 2 aromatic carbocycles. The van der Waals surface area contributed by atoms with Crippen LogP contribution in [-0.4, -0.2) is 29.3 Å². The lowest BCUT2D eigenvalue weighted by molar-refractivity contribution is 0.356. The molecular weight excluding hydrogens is 383 g/mol. The first kappa shape index (κ1) is 14.0. The Morgan fingerprint density at radius 3 is 2.48 bits per heavy atom. The van der Waals surface area contributed by atoms with Gasteiger partial charge in [-0.2, -0.15) is 0 Å². The Labute approximate surface area is 135 Å². The van der Waals surface area contributed by atoms with Crippen molar-refractivity contribution in [1.82, 2.24) is 9.97 Å². The molecule has 0 amide bonds. The number of phenolic OH excluding ortho intramolecular Hbond substituents is 1. The number of benzene rings is 2. The molecule has 1 aromatic heterocycles. The molecule has 0 fully saturated rings. The van der Waals surface area contributed by atoms with E-state index in [4.69, 9.17) is 9.47 Å². The first-order valence-corrected chi connectivity index (χ1v) is 7.31. The van der Waals surface area contributed by atoms with Crippen LogP contribution in [0.1, 0.15) is 0 Å². The molecule has 21 heavy (non-hydrogen) atoms. The van der Waals surface area contributed by atoms with E-state index in [1.165, 1.54) is 0 Å². The number of hydrogen-bond acceptors (Lipinski definition) is 4. The van der Waals surface area contributed by atoms with Gasteiger partial charge in [-0.05, 0) is 40.8 Å². The largest absolute Gasteiger partial charge is 0.507 e. The van der Waals surface area contributed by atoms with Crippen LogP contribution in [0.2, 0.25) is 0 Å². The number of imidazole rings is 1. The minimum atomic E-state index is 0.240. The molecule has 0 bridgehead atoms. The van der Waals surface area contributed by atoms with E-state index in [1.807, 2.05) is 24.3 Å². The number of nitrogens with zero attached hydrogens (tertiary/aromatic N) is 1. The van der Waals surface area contributed by atoms with Gasteiger partial charge in [0.1, 0.15) is 11.6 Å². The van der Waals surface area contributed by atoms with E-state index in [0.29, 0.717) is 17.3 Å². The highest BCUT2D eigenvalue weighted by atomic mass is 127. The molecule has 5 nitrogen and oxygen atoms in total. The number of ether oxygens (including phenoxy) is 2. The Morgan fingerprint density at radius 2 is 1.81 bits per heavy atom. The highest BCUT2D eigenvalue weighted by molar-refractivity contribution is 14.1. The molecule has 0 saturated carbocycles. The molecule has 0 atom stereocenters. The Balaban J connectivity index is 2.14. The maximum absolute atomic E-state index is 9.81. The van der Waals surface area contributed by atoms with Gasteiger partial charge in [0.15, 0.2) is 11.5 Å². The number of hydrogen-bond donors (Lipinski definition) is 2. The Hall–Kier alpha value is -1.96. The quantitative estimate of drug-likeness (QED) is 0.665. The van der Waals surface area contributed by atoms with Crippen LogP contribution in [0.4, 0.5) is 0 Å². The van der Waals surface area contributed by atoms with Gasteiger partial charge in [-0.1, -0.05) is 0 Å². The molecule has 3 rings (SSSR count). The van der Waals surface area contributed by atoms with Gasteiger partial charge in [-0.25, -0.2) is 4.98 Å². The van der Waals surface area contributed by atoms with Crippen LogP contribution in [-0.2, 0) is 0 Å². The SMILES string of the molecule is COc1cc2nc(-c3ccc(I)c(O)c3)[nH]c2cc1OC. The third kappa shape index (κ3) is 2.51. The summed E-state index contributed by atoms with van der Waals surface area (Å²) in [6, 6.07) is 9.11. The highest BCUT2D eigenvalue weighted by Crippen LogP contribution is 2.33. The molecule has 1 heterocycles. The van der Waals surface area contributed by atoms with E-state index in [-0.39, 0.29) is 5.75 Å². The summed E-state index contributed by atoms with van der Waals surface area (Å²) in [6.07, 6.45) is 0. The lowest BCUT2D eigenvalue weighted by Gasteiger charge is -2.06. The summed E-state index contributed by atoms with van der Waals surface area (Å²) >= 11 is 2.08. The number of aromatic hydroxyl groups is 1. The van der Waals surface area contributed by atoms with Gasteiger partial charge < -0.3 is 19.6 Å². The van der Waals surface area contributed by atoms with Crippen LogP contribution < -0.4 is 9.47 Å². The zero-order chi connectivity index (χ0) is 15.0. The van der Waals surface area contributed by atoms with Crippen molar-refractivity contribution in [2.75, 3.05) is 14.2 Å². The molecule has 0 spiro atoms. The van der Waals surface area contributed by atoms with Crippen LogP contribution in [0.25, 0.3) is 22.4 Å². The average molecular weight is 396 g/mol. The minimum Gasteiger partial charge on any atom is -0.507 e. The van der Waals surface area contributed by atoms with Gasteiger partial charge >= 0.3 is 0 Å². The van der Waals surface area contributed by atoms with Gasteiger partial charge in [0, 0.05) is 17.7 Å². The van der Waals surface area contributed by atoms with Gasteiger partial charge in [0.05, 0.1) is 28.8 Å². The molecule has 108 valence electrons. The van der Waals surface area contributed by atoms with Crippen molar-refractivity contribution < 1.29 is 14.6 Å². The van der Waals surface area contributed by atoms with Crippen molar-refractivity contribution in [3.8, 4) is 28.6 Å². The first-order chi connectivity index (χ1) is 10.1. The van der Waals surface area contributed by atoms with E-state index >= 15 is 0 Å². The van der Waals surface area contributed by atoms with Crippen molar-refractivity contribution in [2.45, 2.75) is 0 Å². The lowest BCUT2D eigenvalue weighted by atomic mass is 10.2. The molecule has 2 N–H and O–H groups in total. The maximum atomic E-state index is 9.81. The van der Waals surface area contributed by atoms with Crippen LogP contribution in [0.5, 0.6) is 17.2 Å². The molecule has 0 saturated heterocycles. The predicted molar refractivity (Wildman–Crippen MR) is 89.0 cm³/mol. The van der Waals surface area contributed by atoms with Crippen molar-refractivity contribution in [3.63, 3.8) is 0 Å². The Kier molecular flexibility index (Phi) is 3.62. The third-order valence-corrected chi connectivity index (χ3v) is 4.12. The number of H-pyrrole nitrogens is 1. The Morgan fingerprint density at radius 1 is 1.10 bits per heavy atom. The monoisotopic (exact) mass is 396 g/mol. The van der Waals surface area contributed by atoms with E-state index in [9.17, 15) is 5.11 Å². The van der Waals surface area contributed by atoms with Gasteiger partial charge in [-0.15, -0.1) is 0 Å². The molecule has 0 aliphatic heterocycles. The maximum Gasteiger partial charge on any atom is 0.163 e. The number of aromatic nitrogens is 2. The Bertz CT molecular complexity index is 773. The van der Waals surface area contributed by atoms with E-state index in [0.717, 1.165) is 20.2 Å². The van der Waals surface area contributed by atoms with E-state index in [1.54, 1.807) is 20.3 Å². The third-order valence-electron chi connectivity index (χ3n) is 3.21. The number of fused-ring (bicyclic) bond motifs is 1. The molecule has 3 aromatic rings. The molecule has 6 heteroatoms. The zero-order valence-electron chi connectivity index (χ0n) is 11.5. The first-order valence-electron chi connectivity index (χ1n) is 6.23. The molecule has 0 aliphatic rings. The summed E-state index contributed by atoms with van der Waals surface area (Å²) in [6.45, 7) is 0. The highest BCUT2D eigenvalue weighted by Gasteiger charge is 2.11. The van der Waals surface area contributed by atoms with Crippen LogP contribution in [0.15, 0.2) is 30.3 Å². The van der Waals surface area contributed by atoms with Gasteiger partial charge in [-0.3, -0.25) is 0 Å². The van der Waals surface area contributed by atoms with E-state index in [2.05, 4.69) is 32.6 Å². The normalized spacial score (nSPS) is 10.8. The fourth-order valence-corrected chi connectivity index (χ4v) is 2.47. The van der Waals surface area contributed by atoms with Crippen LogP contribution >= 0.6 is 22.6 Å². The van der Waals surface area contributed by atoms with Gasteiger partial charge in [0.2, 0.25) is 0 Å². The average Bonchev–Trinajstić information content (AvgIpc) is 2.91. The number of nitrogens with one attached hydrogen (secondary N) is 1. The van der Waals surface area contributed by atoms with Crippen molar-refractivity contribution in [1.29, 1.82) is 0 Å². The fraction of sp³-hybridized carbons (Fsp3) is 0.133. The number of rotatable bonds is 3. The lowest BCUT2D eigenvalue weighted by Crippen LogP contribution is -1.89. The number of aromatic amines is 1. The second-order valence-corrected chi connectivity index (χ2v) is 5.64. The second kappa shape index (κ2) is 5.44. The topological polar surface area (TPSA) is 67.4 Å². The number of halogens is 1. The smallest absolute Gasteiger partial charge is 0.163 e. The summed E-state index contributed by atoms with van der Waals surface area (Å²) in [4.78, 5) is 7.76. The summed E-state index contributed by atoms with van der Waals surface area (Å²) in [5.74, 6) is 2.20. The number of methoxy groups -OCH3 is 2. The number of phenols is 1. The summed E-state index contributed by atoms with van der Waals surface area (Å²) in [7, 11) is 3.19. The standard InChI is InChI=1S/C15H13IN2O3/c1-20-13-6-10-11(7-14(13)21-2)18-15(17-10)8-3-4-9(16)12(19)5-8/h3-7,19H,1-2H3,(H,17,18). The summed E-state index contributed by atoms with van der Waals surface area (Å²) < 4.78 is 11.4. The van der Waals surface area contributed by atoms with Crippen LogP contribution in [0, 0.1) is 3.57 Å². The second-order valence-electron chi connectivity index (χ2n) is 4.48. The predicted octanol–water partition coefficient (Wildman–Crippen LogP) is 3.56. The molecular formula is C15H13IN2O3. The minimum absolute atomic E-state index is 0.240. The molecule has 0 unspecified atom stereocenters.